The number of methoxy groups -OCH3 is 2. The Morgan fingerprint density at radius 3 is 1.44 bits per heavy atom. The van der Waals surface area contributed by atoms with Crippen LogP contribution in [0.25, 0.3) is 6.08 Å². The average molecular weight is 837 g/mol. The average Bonchev–Trinajstić information content (AvgIpc) is 3.31. The Morgan fingerprint density at radius 2 is 0.984 bits per heavy atom. The zero-order valence-corrected chi connectivity index (χ0v) is 34.9. The van der Waals surface area contributed by atoms with E-state index in [1.807, 2.05) is 152 Å². The van der Waals surface area contributed by atoms with Crippen molar-refractivity contribution in [2.75, 3.05) is 20.8 Å². The second kappa shape index (κ2) is 22.5. The second-order valence-corrected chi connectivity index (χ2v) is 14.8. The molecule has 5 atom stereocenters. The molecule has 0 aliphatic carbocycles. The first-order valence-electron chi connectivity index (χ1n) is 20.6. The van der Waals surface area contributed by atoms with Crippen LogP contribution in [0.2, 0.25) is 0 Å². The number of carboxylic acids is 1. The SMILES string of the molecule is COc1cc(C=C(Cc2ccccc2)C(=O)O)cc(OC)c1O[C@@H]1O[C@H](COCc2ccccc2)[C@H](OCc2ccccc2)[C@H](OCc2ccccc2)[C@H]1OCc1ccccc1. The number of hydrogen-bond donors (Lipinski definition) is 1. The lowest BCUT2D eigenvalue weighted by atomic mass is 9.97. The van der Waals surface area contributed by atoms with Crippen LogP contribution in [0.1, 0.15) is 33.4 Å². The van der Waals surface area contributed by atoms with Crippen LogP contribution in [0.15, 0.2) is 169 Å². The van der Waals surface area contributed by atoms with Gasteiger partial charge in [-0.3, -0.25) is 0 Å². The summed E-state index contributed by atoms with van der Waals surface area (Å²) in [6.07, 6.45) is -2.23. The third-order valence-electron chi connectivity index (χ3n) is 10.4. The Kier molecular flexibility index (Phi) is 15.9. The topological polar surface area (TPSA) is 111 Å². The van der Waals surface area contributed by atoms with Crippen molar-refractivity contribution in [2.45, 2.75) is 63.6 Å². The molecule has 6 aromatic rings. The highest BCUT2D eigenvalue weighted by Crippen LogP contribution is 2.42. The fourth-order valence-corrected chi connectivity index (χ4v) is 7.26. The molecule has 1 saturated heterocycles. The molecular formula is C52H52O10. The van der Waals surface area contributed by atoms with Gasteiger partial charge in [0.25, 0.3) is 0 Å². The van der Waals surface area contributed by atoms with Crippen LogP contribution in [0, 0.1) is 0 Å². The van der Waals surface area contributed by atoms with E-state index < -0.39 is 36.7 Å². The van der Waals surface area contributed by atoms with E-state index in [2.05, 4.69) is 0 Å². The summed E-state index contributed by atoms with van der Waals surface area (Å²) in [5, 5.41) is 10.2. The molecule has 1 heterocycles. The van der Waals surface area contributed by atoms with Crippen molar-refractivity contribution >= 4 is 12.0 Å². The molecule has 6 aromatic carbocycles. The Bertz CT molecular complexity index is 2260. The van der Waals surface area contributed by atoms with Gasteiger partial charge in [0, 0.05) is 12.0 Å². The third kappa shape index (κ3) is 12.2. The number of hydrogen-bond acceptors (Lipinski definition) is 9. The summed E-state index contributed by atoms with van der Waals surface area (Å²) in [6, 6.07) is 52.5. The van der Waals surface area contributed by atoms with E-state index in [4.69, 9.17) is 37.9 Å². The van der Waals surface area contributed by atoms with E-state index in [9.17, 15) is 9.90 Å². The van der Waals surface area contributed by atoms with Gasteiger partial charge in [-0.25, -0.2) is 4.79 Å². The quantitative estimate of drug-likeness (QED) is 0.0704. The van der Waals surface area contributed by atoms with E-state index in [0.29, 0.717) is 23.7 Å². The van der Waals surface area contributed by atoms with E-state index in [1.165, 1.54) is 14.2 Å². The van der Waals surface area contributed by atoms with Crippen LogP contribution in [0.3, 0.4) is 0 Å². The number of rotatable bonds is 21. The first-order valence-corrected chi connectivity index (χ1v) is 20.6. The van der Waals surface area contributed by atoms with Gasteiger partial charge < -0.3 is 43.0 Å². The fraction of sp³-hybridized carbons (Fsp3) is 0.250. The second-order valence-electron chi connectivity index (χ2n) is 14.8. The number of aliphatic carboxylic acids is 1. The molecule has 320 valence electrons. The number of carbonyl (C=O) groups is 1. The molecule has 62 heavy (non-hydrogen) atoms. The molecule has 1 N–H and O–H groups in total. The molecule has 1 aliphatic heterocycles. The van der Waals surface area contributed by atoms with Crippen molar-refractivity contribution < 1.29 is 47.8 Å². The third-order valence-corrected chi connectivity index (χ3v) is 10.4. The summed E-state index contributed by atoms with van der Waals surface area (Å²) >= 11 is 0. The summed E-state index contributed by atoms with van der Waals surface area (Å²) in [4.78, 5) is 12.4. The van der Waals surface area contributed by atoms with Crippen molar-refractivity contribution in [1.29, 1.82) is 0 Å². The van der Waals surface area contributed by atoms with Crippen LogP contribution in [0.4, 0.5) is 0 Å². The minimum absolute atomic E-state index is 0.141. The first kappa shape index (κ1) is 43.8. The minimum atomic E-state index is -1.10. The number of ether oxygens (including phenoxy) is 8. The summed E-state index contributed by atoms with van der Waals surface area (Å²) in [7, 11) is 3.03. The summed E-state index contributed by atoms with van der Waals surface area (Å²) in [5.41, 5.74) is 5.52. The summed E-state index contributed by atoms with van der Waals surface area (Å²) in [5.74, 6) is -0.204. The highest BCUT2D eigenvalue weighted by Gasteiger charge is 2.50. The maximum absolute atomic E-state index is 12.4. The normalized spacial score (nSPS) is 18.8. The predicted molar refractivity (Wildman–Crippen MR) is 236 cm³/mol. The molecule has 0 aromatic heterocycles. The number of carboxylic acid groups (broad SMARTS) is 1. The van der Waals surface area contributed by atoms with E-state index in [-0.39, 0.29) is 44.2 Å². The van der Waals surface area contributed by atoms with E-state index >= 15 is 0 Å². The lowest BCUT2D eigenvalue weighted by molar-refractivity contribution is -0.310. The lowest BCUT2D eigenvalue weighted by Crippen LogP contribution is -2.62. The molecule has 0 spiro atoms. The Labute approximate surface area is 363 Å². The summed E-state index contributed by atoms with van der Waals surface area (Å²) < 4.78 is 52.5. The van der Waals surface area contributed by atoms with Gasteiger partial charge >= 0.3 is 5.97 Å². The largest absolute Gasteiger partial charge is 0.493 e. The number of benzene rings is 6. The highest BCUT2D eigenvalue weighted by atomic mass is 16.7. The molecular weight excluding hydrogens is 785 g/mol. The minimum Gasteiger partial charge on any atom is -0.493 e. The maximum atomic E-state index is 12.4. The monoisotopic (exact) mass is 836 g/mol. The molecule has 0 amide bonds. The van der Waals surface area contributed by atoms with E-state index in [1.54, 1.807) is 18.2 Å². The van der Waals surface area contributed by atoms with Crippen molar-refractivity contribution in [2.24, 2.45) is 0 Å². The van der Waals surface area contributed by atoms with Crippen molar-refractivity contribution in [1.82, 2.24) is 0 Å². The molecule has 0 bridgehead atoms. The Balaban J connectivity index is 1.26. The van der Waals surface area contributed by atoms with Crippen LogP contribution >= 0.6 is 0 Å². The molecule has 7 rings (SSSR count). The lowest BCUT2D eigenvalue weighted by Gasteiger charge is -2.45. The van der Waals surface area contributed by atoms with Gasteiger partial charge in [-0.1, -0.05) is 152 Å². The maximum Gasteiger partial charge on any atom is 0.331 e. The van der Waals surface area contributed by atoms with Crippen LogP contribution in [0.5, 0.6) is 17.2 Å². The molecule has 1 fully saturated rings. The molecule has 10 heteroatoms. The Morgan fingerprint density at radius 1 is 0.565 bits per heavy atom. The van der Waals surface area contributed by atoms with Gasteiger partial charge in [0.2, 0.25) is 12.0 Å². The van der Waals surface area contributed by atoms with Crippen molar-refractivity contribution in [3.8, 4) is 17.2 Å². The van der Waals surface area contributed by atoms with Gasteiger partial charge in [0.1, 0.15) is 24.4 Å². The molecule has 0 radical (unpaired) electrons. The van der Waals surface area contributed by atoms with Crippen LogP contribution in [-0.4, -0.2) is 62.6 Å². The summed E-state index contributed by atoms with van der Waals surface area (Å²) in [6.45, 7) is 1.25. The molecule has 1 aliphatic rings. The molecule has 0 saturated carbocycles. The van der Waals surface area contributed by atoms with Crippen LogP contribution < -0.4 is 14.2 Å². The smallest absolute Gasteiger partial charge is 0.331 e. The Hall–Kier alpha value is -6.27. The van der Waals surface area contributed by atoms with Gasteiger partial charge in [0.05, 0.1) is 47.3 Å². The van der Waals surface area contributed by atoms with Gasteiger partial charge in [-0.2, -0.15) is 0 Å². The van der Waals surface area contributed by atoms with Gasteiger partial charge in [0.15, 0.2) is 11.5 Å². The van der Waals surface area contributed by atoms with Gasteiger partial charge in [-0.05, 0) is 51.6 Å². The zero-order valence-electron chi connectivity index (χ0n) is 34.9. The van der Waals surface area contributed by atoms with Crippen LogP contribution in [-0.2, 0) is 61.3 Å². The predicted octanol–water partition coefficient (Wildman–Crippen LogP) is 9.49. The first-order chi connectivity index (χ1) is 30.5. The highest BCUT2D eigenvalue weighted by molar-refractivity contribution is 5.93. The van der Waals surface area contributed by atoms with Crippen molar-refractivity contribution in [3.05, 3.63) is 203 Å². The van der Waals surface area contributed by atoms with Gasteiger partial charge in [-0.15, -0.1) is 0 Å². The molecule has 10 nitrogen and oxygen atoms in total. The fourth-order valence-electron chi connectivity index (χ4n) is 7.26. The standard InChI is InChI=1S/C52H52O10/c1-55-44-30-42(29-43(51(53)54)28-37-18-8-3-9-19-37)31-45(56-2)47(44)62-52-50(60-35-41-26-16-7-17-27-41)49(59-34-40-24-14-6-15-25-40)48(58-33-39-22-12-5-13-23-39)46(61-52)36-57-32-38-20-10-4-11-21-38/h3-27,29-31,46,48-50,52H,28,32-36H2,1-2H3,(H,53,54)/t46-,48+,49+,50-,52+/m1/s1. The zero-order chi connectivity index (χ0) is 42.9. The van der Waals surface area contributed by atoms with E-state index in [0.717, 1.165) is 27.8 Å². The molecule has 0 unspecified atom stereocenters. The van der Waals surface area contributed by atoms with Crippen molar-refractivity contribution in [3.63, 3.8) is 0 Å².